The zero-order chi connectivity index (χ0) is 32.8. The minimum absolute atomic E-state index is 0.0289. The van der Waals surface area contributed by atoms with Crippen LogP contribution >= 0.6 is 0 Å². The predicted molar refractivity (Wildman–Crippen MR) is 191 cm³/mol. The molecule has 0 heterocycles. The van der Waals surface area contributed by atoms with Gasteiger partial charge in [0, 0.05) is 18.1 Å². The lowest BCUT2D eigenvalue weighted by molar-refractivity contribution is -0.143. The summed E-state index contributed by atoms with van der Waals surface area (Å²) in [6.07, 6.45) is 6.76. The monoisotopic (exact) mass is 639 g/mol. The van der Waals surface area contributed by atoms with Crippen molar-refractivity contribution in [3.63, 3.8) is 0 Å². The third-order valence-electron chi connectivity index (χ3n) is 13.4. The molecule has 4 N–H and O–H groups in total. The first-order valence-corrected chi connectivity index (χ1v) is 19.7. The van der Waals surface area contributed by atoms with Crippen LogP contribution in [0, 0.1) is 34.5 Å². The van der Waals surface area contributed by atoms with E-state index in [0.29, 0.717) is 24.3 Å². The van der Waals surface area contributed by atoms with Crippen LogP contribution in [0.1, 0.15) is 85.1 Å². The Morgan fingerprint density at radius 1 is 0.783 bits per heavy atom. The lowest BCUT2D eigenvalue weighted by Crippen LogP contribution is -2.68. The number of hydrogen-bond donors (Lipinski definition) is 3. The van der Waals surface area contributed by atoms with E-state index in [0.717, 1.165) is 50.5 Å². The lowest BCUT2D eigenvalue weighted by Gasteiger charge is -2.59. The zero-order valence-corrected chi connectivity index (χ0v) is 29.8. The van der Waals surface area contributed by atoms with Gasteiger partial charge in [-0.3, -0.25) is 0 Å². The van der Waals surface area contributed by atoms with Gasteiger partial charge in [-0.1, -0.05) is 126 Å². The molecular weight excluding hydrogens is 583 g/mol. The number of aliphatic hydroxyl groups is 2. The summed E-state index contributed by atoms with van der Waals surface area (Å²) < 4.78 is 7.61. The topological polar surface area (TPSA) is 75.7 Å². The van der Waals surface area contributed by atoms with Gasteiger partial charge < -0.3 is 20.4 Å². The fourth-order valence-corrected chi connectivity index (χ4v) is 15.6. The van der Waals surface area contributed by atoms with Crippen LogP contribution in [0.5, 0.6) is 0 Å². The Hall–Kier alpha value is -2.28. The van der Waals surface area contributed by atoms with Crippen LogP contribution in [0.15, 0.2) is 91.0 Å². The van der Waals surface area contributed by atoms with Gasteiger partial charge in [-0.15, -0.1) is 0 Å². The van der Waals surface area contributed by atoms with Gasteiger partial charge in [0.15, 0.2) is 0 Å². The molecule has 3 saturated carbocycles. The summed E-state index contributed by atoms with van der Waals surface area (Å²) in [5, 5.41) is 25.9. The molecule has 6 rings (SSSR count). The zero-order valence-electron chi connectivity index (χ0n) is 28.8. The van der Waals surface area contributed by atoms with Crippen molar-refractivity contribution in [3.05, 3.63) is 96.6 Å². The third-order valence-corrected chi connectivity index (χ3v) is 18.5. The molecule has 0 radical (unpaired) electrons. The molecule has 0 aromatic heterocycles. The summed E-state index contributed by atoms with van der Waals surface area (Å²) in [6, 6.07) is 32.2. The van der Waals surface area contributed by atoms with Gasteiger partial charge in [-0.25, -0.2) is 0 Å². The molecule has 248 valence electrons. The first kappa shape index (κ1) is 33.6. The smallest absolute Gasteiger partial charge is 0.261 e. The fraction of sp³-hybridized carbons (Fsp3) is 0.561. The minimum atomic E-state index is -2.69. The molecule has 0 unspecified atom stereocenters. The first-order valence-electron chi connectivity index (χ1n) is 17.8. The molecule has 4 nitrogen and oxygen atoms in total. The van der Waals surface area contributed by atoms with E-state index in [2.05, 4.69) is 120 Å². The standard InChI is InChI=1S/C41H57NO3Si/c1-38(2,3)46(33-17-11-7-12-18-33,34-19-13-8-14-20-34)45-32-21-24-39(4,31(27-32)29-43)36-22-25-40(5)37(35(36)28-42)23-26-41(40,44)30-15-9-6-10-16-30/h6-20,31-32,35-37,43-44H,21-29,42H2,1-5H3/t31-,32+,35-,36+,37+,39-,40+,41-/m1/s1. The van der Waals surface area contributed by atoms with Crippen LogP contribution < -0.4 is 16.1 Å². The Morgan fingerprint density at radius 2 is 1.33 bits per heavy atom. The maximum atomic E-state index is 12.3. The summed E-state index contributed by atoms with van der Waals surface area (Å²) in [5.74, 6) is 1.25. The average Bonchev–Trinajstić information content (AvgIpc) is 3.35. The van der Waals surface area contributed by atoms with E-state index in [1.54, 1.807) is 0 Å². The second-order valence-electron chi connectivity index (χ2n) is 16.4. The average molecular weight is 640 g/mol. The van der Waals surface area contributed by atoms with E-state index in [1.807, 2.05) is 6.07 Å². The van der Waals surface area contributed by atoms with E-state index >= 15 is 0 Å². The van der Waals surface area contributed by atoms with E-state index in [-0.39, 0.29) is 34.5 Å². The van der Waals surface area contributed by atoms with Gasteiger partial charge in [0.1, 0.15) is 0 Å². The molecule has 3 fully saturated rings. The van der Waals surface area contributed by atoms with Crippen LogP contribution in [-0.2, 0) is 10.0 Å². The molecular formula is C41H57NO3Si. The van der Waals surface area contributed by atoms with Crippen molar-refractivity contribution in [2.45, 2.75) is 96.3 Å². The van der Waals surface area contributed by atoms with E-state index in [4.69, 9.17) is 10.2 Å². The van der Waals surface area contributed by atoms with Crippen molar-refractivity contribution < 1.29 is 14.6 Å². The van der Waals surface area contributed by atoms with Crippen molar-refractivity contribution >= 4 is 18.7 Å². The Balaban J connectivity index is 1.29. The van der Waals surface area contributed by atoms with Gasteiger partial charge in [0.25, 0.3) is 8.32 Å². The Morgan fingerprint density at radius 3 is 1.85 bits per heavy atom. The SMILES string of the molecule is CC(C)(C)[Si](O[C@H]1CC[C@@](C)([C@H]2CC[C@@]3(C)[C@@H](CC[C@@]3(O)c3ccccc3)[C@@H]2CN)[C@@H](CO)C1)(c1ccccc1)c1ccccc1. The molecule has 0 aliphatic heterocycles. The van der Waals surface area contributed by atoms with E-state index < -0.39 is 13.9 Å². The van der Waals surface area contributed by atoms with E-state index in [1.165, 1.54) is 10.4 Å². The van der Waals surface area contributed by atoms with Crippen LogP contribution in [-0.4, -0.2) is 37.8 Å². The Bertz CT molecular complexity index is 1410. The molecule has 5 heteroatoms. The third kappa shape index (κ3) is 5.26. The van der Waals surface area contributed by atoms with Crippen LogP contribution in [0.2, 0.25) is 5.04 Å². The van der Waals surface area contributed by atoms with Crippen LogP contribution in [0.3, 0.4) is 0 Å². The molecule has 3 aliphatic rings. The maximum absolute atomic E-state index is 12.3. The van der Waals surface area contributed by atoms with Gasteiger partial charge in [0.2, 0.25) is 0 Å². The highest BCUT2D eigenvalue weighted by Crippen LogP contribution is 2.67. The first-order chi connectivity index (χ1) is 21.9. The molecule has 3 aromatic carbocycles. The fourth-order valence-electron chi connectivity index (χ4n) is 10.8. The Kier molecular flexibility index (Phi) is 9.23. The highest BCUT2D eigenvalue weighted by atomic mass is 28.4. The summed E-state index contributed by atoms with van der Waals surface area (Å²) >= 11 is 0. The molecule has 46 heavy (non-hydrogen) atoms. The van der Waals surface area contributed by atoms with Crippen LogP contribution in [0.4, 0.5) is 0 Å². The lowest BCUT2D eigenvalue weighted by atomic mass is 9.48. The van der Waals surface area contributed by atoms with Gasteiger partial charge in [0.05, 0.1) is 5.60 Å². The summed E-state index contributed by atoms with van der Waals surface area (Å²) in [4.78, 5) is 0. The second-order valence-corrected chi connectivity index (χ2v) is 20.6. The summed E-state index contributed by atoms with van der Waals surface area (Å²) in [7, 11) is -2.69. The molecule has 0 saturated heterocycles. The van der Waals surface area contributed by atoms with Gasteiger partial charge in [-0.05, 0) is 102 Å². The number of aliphatic hydroxyl groups excluding tert-OH is 1. The number of rotatable bonds is 8. The van der Waals surface area contributed by atoms with E-state index in [9.17, 15) is 10.2 Å². The second kappa shape index (κ2) is 12.6. The predicted octanol–water partition coefficient (Wildman–Crippen LogP) is 7.02. The van der Waals surface area contributed by atoms with Crippen molar-refractivity contribution in [1.82, 2.24) is 0 Å². The highest BCUT2D eigenvalue weighted by Gasteiger charge is 2.64. The summed E-state index contributed by atoms with van der Waals surface area (Å²) in [6.45, 7) is 12.6. The maximum Gasteiger partial charge on any atom is 0.261 e. The summed E-state index contributed by atoms with van der Waals surface area (Å²) in [5.41, 5.74) is 6.71. The largest absolute Gasteiger partial charge is 0.404 e. The Labute approximate surface area is 278 Å². The van der Waals surface area contributed by atoms with Crippen molar-refractivity contribution in [1.29, 1.82) is 0 Å². The van der Waals surface area contributed by atoms with Crippen molar-refractivity contribution in [3.8, 4) is 0 Å². The number of hydrogen-bond acceptors (Lipinski definition) is 4. The minimum Gasteiger partial charge on any atom is -0.404 e. The number of nitrogens with two attached hydrogens (primary N) is 1. The molecule has 3 aliphatic carbocycles. The van der Waals surface area contributed by atoms with Gasteiger partial charge >= 0.3 is 0 Å². The molecule has 0 spiro atoms. The molecule has 8 atom stereocenters. The van der Waals surface area contributed by atoms with Gasteiger partial charge in [-0.2, -0.15) is 0 Å². The number of fused-ring (bicyclic) bond motifs is 1. The van der Waals surface area contributed by atoms with Crippen molar-refractivity contribution in [2.24, 2.45) is 40.2 Å². The van der Waals surface area contributed by atoms with Crippen molar-refractivity contribution in [2.75, 3.05) is 13.2 Å². The molecule has 0 amide bonds. The highest BCUT2D eigenvalue weighted by molar-refractivity contribution is 6.99. The molecule has 0 bridgehead atoms. The molecule has 3 aromatic rings. The van der Waals surface area contributed by atoms with Crippen LogP contribution in [0.25, 0.3) is 0 Å². The quantitative estimate of drug-likeness (QED) is 0.232. The number of benzene rings is 3. The normalized spacial score (nSPS) is 35.1.